The maximum absolute atomic E-state index is 11.8. The Balaban J connectivity index is 2.93. The average molecular weight is 297 g/mol. The lowest BCUT2D eigenvalue weighted by Gasteiger charge is -2.23. The van der Waals surface area contributed by atoms with Gasteiger partial charge in [0.2, 0.25) is 12.2 Å². The third-order valence-electron chi connectivity index (χ3n) is 2.33. The molecule has 1 aromatic carbocycles. The van der Waals surface area contributed by atoms with Crippen molar-refractivity contribution in [3.8, 4) is 0 Å². The van der Waals surface area contributed by atoms with Crippen molar-refractivity contribution in [2.24, 2.45) is 0 Å². The molecule has 0 spiro atoms. The van der Waals surface area contributed by atoms with Gasteiger partial charge in [-0.15, -0.1) is 0 Å². The van der Waals surface area contributed by atoms with Crippen LogP contribution >= 0.6 is 0 Å². The standard InChI is InChI=1S/C13H15NO7/c1-14(2)21-10(12(17)18)9(11(15)16)20-13(19)8-6-4-3-5-7-8/h3-7,9-10H,1-2H3,(H,15,16)(H,17,18). The summed E-state index contributed by atoms with van der Waals surface area (Å²) in [4.78, 5) is 38.9. The molecule has 1 aromatic rings. The van der Waals surface area contributed by atoms with Crippen LogP contribution in [0.15, 0.2) is 30.3 Å². The molecule has 0 radical (unpaired) electrons. The van der Waals surface area contributed by atoms with Crippen LogP contribution in [0.1, 0.15) is 10.4 Å². The Morgan fingerprint density at radius 3 is 1.95 bits per heavy atom. The van der Waals surface area contributed by atoms with Gasteiger partial charge in [-0.1, -0.05) is 18.2 Å². The first-order valence-electron chi connectivity index (χ1n) is 5.88. The van der Waals surface area contributed by atoms with Gasteiger partial charge in [-0.3, -0.25) is 4.84 Å². The van der Waals surface area contributed by atoms with E-state index in [9.17, 15) is 14.4 Å². The molecule has 21 heavy (non-hydrogen) atoms. The molecule has 2 N–H and O–H groups in total. The minimum absolute atomic E-state index is 0.109. The summed E-state index contributed by atoms with van der Waals surface area (Å²) in [5.74, 6) is -4.12. The van der Waals surface area contributed by atoms with E-state index in [-0.39, 0.29) is 5.56 Å². The molecule has 0 heterocycles. The highest BCUT2D eigenvalue weighted by molar-refractivity contribution is 5.92. The zero-order valence-electron chi connectivity index (χ0n) is 11.4. The van der Waals surface area contributed by atoms with Gasteiger partial charge in [0.15, 0.2) is 0 Å². The predicted molar refractivity (Wildman–Crippen MR) is 69.5 cm³/mol. The zero-order chi connectivity index (χ0) is 16.0. The zero-order valence-corrected chi connectivity index (χ0v) is 11.4. The number of esters is 1. The summed E-state index contributed by atoms with van der Waals surface area (Å²) in [6.45, 7) is 0. The molecule has 114 valence electrons. The summed E-state index contributed by atoms with van der Waals surface area (Å²) in [6, 6.07) is 7.64. The molecule has 2 unspecified atom stereocenters. The number of hydrogen-bond acceptors (Lipinski definition) is 6. The Morgan fingerprint density at radius 2 is 1.52 bits per heavy atom. The highest BCUT2D eigenvalue weighted by Gasteiger charge is 2.39. The van der Waals surface area contributed by atoms with Crippen molar-refractivity contribution in [1.82, 2.24) is 5.06 Å². The van der Waals surface area contributed by atoms with Crippen molar-refractivity contribution in [2.45, 2.75) is 12.2 Å². The summed E-state index contributed by atoms with van der Waals surface area (Å²) in [7, 11) is 2.77. The van der Waals surface area contributed by atoms with Crippen molar-refractivity contribution < 1.29 is 34.2 Å². The largest absolute Gasteiger partial charge is 0.479 e. The van der Waals surface area contributed by atoms with Crippen LogP contribution in [-0.2, 0) is 19.2 Å². The average Bonchev–Trinajstić information content (AvgIpc) is 2.42. The molecule has 0 bridgehead atoms. The topological polar surface area (TPSA) is 113 Å². The van der Waals surface area contributed by atoms with Gasteiger partial charge in [0.1, 0.15) is 0 Å². The van der Waals surface area contributed by atoms with Crippen molar-refractivity contribution in [3.05, 3.63) is 35.9 Å². The second-order valence-corrected chi connectivity index (χ2v) is 4.21. The van der Waals surface area contributed by atoms with Crippen LogP contribution in [-0.4, -0.2) is 59.5 Å². The molecule has 0 saturated carbocycles. The second kappa shape index (κ2) is 7.36. The normalized spacial score (nSPS) is 13.5. The van der Waals surface area contributed by atoms with E-state index in [0.29, 0.717) is 0 Å². The molecule has 8 heteroatoms. The maximum atomic E-state index is 11.8. The van der Waals surface area contributed by atoms with Gasteiger partial charge in [0.05, 0.1) is 5.56 Å². The molecular formula is C13H15NO7. The van der Waals surface area contributed by atoms with Gasteiger partial charge in [0, 0.05) is 14.1 Å². The SMILES string of the molecule is CN(C)OC(C(=O)O)C(OC(=O)c1ccccc1)C(=O)O. The first-order valence-corrected chi connectivity index (χ1v) is 5.88. The predicted octanol–water partition coefficient (Wildman–Crippen LogP) is 0.243. The number of ether oxygens (including phenoxy) is 1. The number of hydroxylamine groups is 2. The fourth-order valence-electron chi connectivity index (χ4n) is 1.46. The summed E-state index contributed by atoms with van der Waals surface area (Å²) in [5.41, 5.74) is 0.109. The van der Waals surface area contributed by atoms with Gasteiger partial charge in [-0.05, 0) is 12.1 Å². The number of carbonyl (C=O) groups is 3. The number of carbonyl (C=O) groups excluding carboxylic acids is 1. The van der Waals surface area contributed by atoms with E-state index in [1.807, 2.05) is 0 Å². The van der Waals surface area contributed by atoms with Gasteiger partial charge in [-0.25, -0.2) is 14.4 Å². The number of rotatable bonds is 7. The highest BCUT2D eigenvalue weighted by atomic mass is 16.7. The minimum Gasteiger partial charge on any atom is -0.479 e. The van der Waals surface area contributed by atoms with Crippen LogP contribution in [0.3, 0.4) is 0 Å². The Hall–Kier alpha value is -2.45. The van der Waals surface area contributed by atoms with E-state index in [1.54, 1.807) is 18.2 Å². The number of carboxylic acids is 2. The van der Waals surface area contributed by atoms with Crippen molar-refractivity contribution in [2.75, 3.05) is 14.1 Å². The Bertz CT molecular complexity index is 515. The highest BCUT2D eigenvalue weighted by Crippen LogP contribution is 2.11. The summed E-state index contributed by atoms with van der Waals surface area (Å²) in [6.07, 6.45) is -3.83. The van der Waals surface area contributed by atoms with Crippen LogP contribution < -0.4 is 0 Å². The smallest absolute Gasteiger partial charge is 0.348 e. The maximum Gasteiger partial charge on any atom is 0.348 e. The Labute approximate surface area is 120 Å². The third-order valence-corrected chi connectivity index (χ3v) is 2.33. The molecule has 0 aromatic heterocycles. The fourth-order valence-corrected chi connectivity index (χ4v) is 1.46. The third kappa shape index (κ3) is 4.86. The number of aliphatic carboxylic acids is 2. The number of benzene rings is 1. The van der Waals surface area contributed by atoms with Crippen LogP contribution in [0.5, 0.6) is 0 Å². The van der Waals surface area contributed by atoms with Crippen LogP contribution in [0.2, 0.25) is 0 Å². The van der Waals surface area contributed by atoms with Crippen molar-refractivity contribution >= 4 is 17.9 Å². The lowest BCUT2D eigenvalue weighted by atomic mass is 10.2. The molecule has 0 aliphatic heterocycles. The first kappa shape index (κ1) is 16.6. The Morgan fingerprint density at radius 1 is 1.00 bits per heavy atom. The molecular weight excluding hydrogens is 282 g/mol. The quantitative estimate of drug-likeness (QED) is 0.543. The Kier molecular flexibility index (Phi) is 5.82. The van der Waals surface area contributed by atoms with E-state index >= 15 is 0 Å². The lowest BCUT2D eigenvalue weighted by Crippen LogP contribution is -2.47. The number of hydrogen-bond donors (Lipinski definition) is 2. The number of carboxylic acid groups (broad SMARTS) is 2. The van der Waals surface area contributed by atoms with Gasteiger partial charge in [-0.2, -0.15) is 5.06 Å². The second-order valence-electron chi connectivity index (χ2n) is 4.21. The minimum atomic E-state index is -1.97. The molecule has 0 aliphatic rings. The summed E-state index contributed by atoms with van der Waals surface area (Å²) >= 11 is 0. The van der Waals surface area contributed by atoms with E-state index < -0.39 is 30.1 Å². The molecule has 0 aliphatic carbocycles. The van der Waals surface area contributed by atoms with Gasteiger partial charge < -0.3 is 14.9 Å². The van der Waals surface area contributed by atoms with E-state index in [0.717, 1.165) is 5.06 Å². The molecule has 0 amide bonds. The van der Waals surface area contributed by atoms with Crippen molar-refractivity contribution in [1.29, 1.82) is 0 Å². The molecule has 0 saturated heterocycles. The molecule has 8 nitrogen and oxygen atoms in total. The van der Waals surface area contributed by atoms with Crippen LogP contribution in [0.4, 0.5) is 0 Å². The van der Waals surface area contributed by atoms with Gasteiger partial charge >= 0.3 is 17.9 Å². The fraction of sp³-hybridized carbons (Fsp3) is 0.308. The summed E-state index contributed by atoms with van der Waals surface area (Å²) in [5, 5.41) is 19.1. The number of nitrogens with zero attached hydrogens (tertiary/aromatic N) is 1. The molecule has 2 atom stereocenters. The first-order chi connectivity index (χ1) is 9.82. The van der Waals surface area contributed by atoms with Crippen molar-refractivity contribution in [3.63, 3.8) is 0 Å². The van der Waals surface area contributed by atoms with E-state index in [2.05, 4.69) is 0 Å². The van der Waals surface area contributed by atoms with Crippen LogP contribution in [0.25, 0.3) is 0 Å². The molecule has 0 fully saturated rings. The lowest BCUT2D eigenvalue weighted by molar-refractivity contribution is -0.214. The summed E-state index contributed by atoms with van der Waals surface area (Å²) < 4.78 is 4.75. The van der Waals surface area contributed by atoms with E-state index in [1.165, 1.54) is 26.2 Å². The van der Waals surface area contributed by atoms with Crippen LogP contribution in [0, 0.1) is 0 Å². The van der Waals surface area contributed by atoms with E-state index in [4.69, 9.17) is 19.8 Å². The molecule has 1 rings (SSSR count). The van der Waals surface area contributed by atoms with Gasteiger partial charge in [0.25, 0.3) is 0 Å². The monoisotopic (exact) mass is 297 g/mol.